The van der Waals surface area contributed by atoms with Crippen molar-refractivity contribution in [3.8, 4) is 0 Å². The molecule has 0 aliphatic rings. The molecule has 0 spiro atoms. The number of rotatable bonds is 6. The van der Waals surface area contributed by atoms with Crippen LogP contribution in [0.15, 0.2) is 46.0 Å². The number of nitrogens with two attached hydrogens (primary N) is 1. The molecule has 20 heavy (non-hydrogen) atoms. The average Bonchev–Trinajstić information content (AvgIpc) is 2.91. The van der Waals surface area contributed by atoms with Gasteiger partial charge in [0.15, 0.2) is 0 Å². The number of nitrogens with one attached hydrogen (secondary N) is 2. The third kappa shape index (κ3) is 3.56. The van der Waals surface area contributed by atoms with Crippen LogP contribution in [0.25, 0.3) is 0 Å². The summed E-state index contributed by atoms with van der Waals surface area (Å²) < 4.78 is 32.0. The minimum atomic E-state index is -3.61. The van der Waals surface area contributed by atoms with Crippen molar-refractivity contribution in [1.29, 1.82) is 0 Å². The standard InChI is InChI=1S/C12H16N4O3S/c1-9(7-10-3-2-6-19-10)16-20(17,18)11-4-5-12(15-13)14-8-11/h2-6,8-9,16H,7,13H2,1H3,(H,14,15). The molecule has 0 amide bonds. The highest BCUT2D eigenvalue weighted by Crippen LogP contribution is 2.12. The summed E-state index contributed by atoms with van der Waals surface area (Å²) in [6, 6.07) is 6.20. The van der Waals surface area contributed by atoms with Gasteiger partial charge in [-0.2, -0.15) is 0 Å². The van der Waals surface area contributed by atoms with Crippen LogP contribution in [0.4, 0.5) is 5.82 Å². The monoisotopic (exact) mass is 296 g/mol. The summed E-state index contributed by atoms with van der Waals surface area (Å²) in [5, 5.41) is 0. The van der Waals surface area contributed by atoms with Crippen LogP contribution in [0.5, 0.6) is 0 Å². The number of hydrogen-bond acceptors (Lipinski definition) is 6. The van der Waals surface area contributed by atoms with Gasteiger partial charge in [-0.3, -0.25) is 0 Å². The van der Waals surface area contributed by atoms with E-state index in [1.807, 2.05) is 0 Å². The summed E-state index contributed by atoms with van der Waals surface area (Å²) in [5.74, 6) is 6.30. The minimum Gasteiger partial charge on any atom is -0.469 e. The number of sulfonamides is 1. The maximum Gasteiger partial charge on any atom is 0.242 e. The molecule has 0 aliphatic carbocycles. The fourth-order valence-electron chi connectivity index (χ4n) is 1.73. The lowest BCUT2D eigenvalue weighted by atomic mass is 10.2. The van der Waals surface area contributed by atoms with E-state index < -0.39 is 10.0 Å². The van der Waals surface area contributed by atoms with E-state index in [1.54, 1.807) is 25.3 Å². The number of nitrogens with zero attached hydrogens (tertiary/aromatic N) is 1. The van der Waals surface area contributed by atoms with Crippen LogP contribution < -0.4 is 16.0 Å². The molecule has 2 rings (SSSR count). The molecule has 1 unspecified atom stereocenters. The summed E-state index contributed by atoms with van der Waals surface area (Å²) in [6.45, 7) is 1.77. The molecule has 0 saturated carbocycles. The van der Waals surface area contributed by atoms with Gasteiger partial charge >= 0.3 is 0 Å². The van der Waals surface area contributed by atoms with Crippen molar-refractivity contribution in [2.24, 2.45) is 5.84 Å². The van der Waals surface area contributed by atoms with Crippen molar-refractivity contribution in [2.75, 3.05) is 5.43 Å². The summed E-state index contributed by atoms with van der Waals surface area (Å²) >= 11 is 0. The predicted molar refractivity (Wildman–Crippen MR) is 74.2 cm³/mol. The smallest absolute Gasteiger partial charge is 0.242 e. The van der Waals surface area contributed by atoms with E-state index in [2.05, 4.69) is 15.1 Å². The topological polar surface area (TPSA) is 110 Å². The maximum atomic E-state index is 12.1. The largest absolute Gasteiger partial charge is 0.469 e. The highest BCUT2D eigenvalue weighted by atomic mass is 32.2. The van der Waals surface area contributed by atoms with Gasteiger partial charge in [-0.1, -0.05) is 0 Å². The molecular weight excluding hydrogens is 280 g/mol. The first kappa shape index (κ1) is 14.5. The molecule has 108 valence electrons. The number of nitrogen functional groups attached to an aromatic ring is 1. The summed E-state index contributed by atoms with van der Waals surface area (Å²) in [7, 11) is -3.61. The van der Waals surface area contributed by atoms with E-state index in [9.17, 15) is 8.42 Å². The molecule has 4 N–H and O–H groups in total. The minimum absolute atomic E-state index is 0.0859. The molecule has 0 aromatic carbocycles. The third-order valence-corrected chi connectivity index (χ3v) is 4.21. The first-order valence-corrected chi connectivity index (χ1v) is 7.47. The second-order valence-corrected chi connectivity index (χ2v) is 6.04. The van der Waals surface area contributed by atoms with E-state index >= 15 is 0 Å². The van der Waals surface area contributed by atoms with Crippen molar-refractivity contribution in [3.05, 3.63) is 42.5 Å². The van der Waals surface area contributed by atoms with Crippen molar-refractivity contribution in [3.63, 3.8) is 0 Å². The van der Waals surface area contributed by atoms with Gasteiger partial charge < -0.3 is 9.84 Å². The van der Waals surface area contributed by atoms with Crippen molar-refractivity contribution in [2.45, 2.75) is 24.3 Å². The number of hydrazine groups is 1. The average molecular weight is 296 g/mol. The Bertz CT molecular complexity index is 638. The summed E-state index contributed by atoms with van der Waals surface area (Å²) in [4.78, 5) is 3.96. The Morgan fingerprint density at radius 1 is 1.40 bits per heavy atom. The second-order valence-electron chi connectivity index (χ2n) is 4.33. The SMILES string of the molecule is CC(Cc1ccco1)NS(=O)(=O)c1ccc(NN)nc1. The Morgan fingerprint density at radius 2 is 2.20 bits per heavy atom. The Hall–Kier alpha value is -1.90. The predicted octanol–water partition coefficient (Wildman–Crippen LogP) is 0.870. The van der Waals surface area contributed by atoms with E-state index in [0.717, 1.165) is 5.76 Å². The molecule has 0 saturated heterocycles. The lowest BCUT2D eigenvalue weighted by molar-refractivity contribution is 0.479. The molecule has 1 atom stereocenters. The number of furan rings is 1. The summed E-state index contributed by atoms with van der Waals surface area (Å²) in [6.07, 6.45) is 3.28. The molecule has 0 fully saturated rings. The maximum absolute atomic E-state index is 12.1. The first-order chi connectivity index (χ1) is 9.51. The lowest BCUT2D eigenvalue weighted by Crippen LogP contribution is -2.34. The van der Waals surface area contributed by atoms with Crippen LogP contribution in [-0.2, 0) is 16.4 Å². The number of hydrogen-bond donors (Lipinski definition) is 3. The van der Waals surface area contributed by atoms with Gasteiger partial charge in [0.1, 0.15) is 16.5 Å². The fraction of sp³-hybridized carbons (Fsp3) is 0.250. The van der Waals surface area contributed by atoms with Crippen LogP contribution in [0.1, 0.15) is 12.7 Å². The highest BCUT2D eigenvalue weighted by molar-refractivity contribution is 7.89. The molecule has 7 nitrogen and oxygen atoms in total. The van der Waals surface area contributed by atoms with Crippen molar-refractivity contribution < 1.29 is 12.8 Å². The van der Waals surface area contributed by atoms with E-state index in [0.29, 0.717) is 12.2 Å². The number of anilines is 1. The third-order valence-electron chi connectivity index (χ3n) is 2.64. The molecule has 0 aliphatic heterocycles. The van der Waals surface area contributed by atoms with Crippen LogP contribution >= 0.6 is 0 Å². The molecule has 2 heterocycles. The van der Waals surface area contributed by atoms with E-state index in [4.69, 9.17) is 10.3 Å². The van der Waals surface area contributed by atoms with Gasteiger partial charge in [0.2, 0.25) is 10.0 Å². The van der Waals surface area contributed by atoms with Crippen molar-refractivity contribution >= 4 is 15.8 Å². The Kier molecular flexibility index (Phi) is 4.38. The fourth-order valence-corrected chi connectivity index (χ4v) is 2.92. The van der Waals surface area contributed by atoms with Crippen LogP contribution in [-0.4, -0.2) is 19.4 Å². The Balaban J connectivity index is 2.05. The quantitative estimate of drug-likeness (QED) is 0.539. The zero-order valence-electron chi connectivity index (χ0n) is 10.9. The van der Waals surface area contributed by atoms with E-state index in [-0.39, 0.29) is 10.9 Å². The zero-order chi connectivity index (χ0) is 14.6. The molecule has 2 aromatic heterocycles. The number of aromatic nitrogens is 1. The normalized spacial score (nSPS) is 13.1. The van der Waals surface area contributed by atoms with Crippen LogP contribution in [0.3, 0.4) is 0 Å². The molecule has 2 aromatic rings. The highest BCUT2D eigenvalue weighted by Gasteiger charge is 2.18. The zero-order valence-corrected chi connectivity index (χ0v) is 11.7. The van der Waals surface area contributed by atoms with Gasteiger partial charge in [0.25, 0.3) is 0 Å². The first-order valence-electron chi connectivity index (χ1n) is 5.98. The molecule has 0 bridgehead atoms. The number of pyridine rings is 1. The van der Waals surface area contributed by atoms with Crippen LogP contribution in [0.2, 0.25) is 0 Å². The van der Waals surface area contributed by atoms with Gasteiger partial charge in [0.05, 0.1) is 6.26 Å². The molecular formula is C12H16N4O3S. The van der Waals surface area contributed by atoms with Gasteiger partial charge in [-0.15, -0.1) is 0 Å². The van der Waals surface area contributed by atoms with Crippen molar-refractivity contribution in [1.82, 2.24) is 9.71 Å². The Labute approximate surface area is 117 Å². The van der Waals surface area contributed by atoms with Gasteiger partial charge in [-0.05, 0) is 31.2 Å². The second kappa shape index (κ2) is 6.04. The van der Waals surface area contributed by atoms with E-state index in [1.165, 1.54) is 18.3 Å². The van der Waals surface area contributed by atoms with Gasteiger partial charge in [-0.25, -0.2) is 24.0 Å². The lowest BCUT2D eigenvalue weighted by Gasteiger charge is -2.13. The Morgan fingerprint density at radius 3 is 2.75 bits per heavy atom. The summed E-state index contributed by atoms with van der Waals surface area (Å²) in [5.41, 5.74) is 2.34. The van der Waals surface area contributed by atoms with Gasteiger partial charge in [0, 0.05) is 18.7 Å². The van der Waals surface area contributed by atoms with Crippen LogP contribution in [0, 0.1) is 0 Å². The molecule has 0 radical (unpaired) electrons. The molecule has 8 heteroatoms.